The van der Waals surface area contributed by atoms with Crippen molar-refractivity contribution in [3.8, 4) is 17.2 Å². The number of ketones is 1. The number of hydrogen-bond acceptors (Lipinski definition) is 7. The van der Waals surface area contributed by atoms with E-state index in [1.807, 2.05) is 65.0 Å². The predicted octanol–water partition coefficient (Wildman–Crippen LogP) is 16.9. The van der Waals surface area contributed by atoms with Gasteiger partial charge in [-0.25, -0.2) is 13.6 Å². The number of halogens is 8. The summed E-state index contributed by atoms with van der Waals surface area (Å²) in [4.78, 5) is 48.3. The molecule has 78 heavy (non-hydrogen) atoms. The Morgan fingerprint density at radius 1 is 0.590 bits per heavy atom. The zero-order chi connectivity index (χ0) is 58.6. The Kier molecular flexibility index (Phi) is 24.1. The highest BCUT2D eigenvalue weighted by Crippen LogP contribution is 2.39. The van der Waals surface area contributed by atoms with E-state index >= 15 is 0 Å². The number of carboxylic acid groups (broad SMARTS) is 2. The van der Waals surface area contributed by atoms with Gasteiger partial charge in [-0.05, 0) is 97.8 Å². The first-order valence-corrected chi connectivity index (χ1v) is 25.7. The average molecular weight is 1100 g/mol. The SMILES string of the molecule is CC.CC(=O)c1ccc2ccccc2c1OCc1ccc(OC(F)(F)F)cc1.CCCCC(C)(CC)C(=O)O.CCCCC(CC)(NC(=O)c1ccc2ccccc2c1OCc1ccc(C(F)(F)F)cc1C(C)(F)F)C(=O)O. The quantitative estimate of drug-likeness (QED) is 0.0473. The third-order valence-corrected chi connectivity index (χ3v) is 12.9. The monoisotopic (exact) mass is 1100 g/mol. The number of benzene rings is 6. The molecule has 0 saturated heterocycles. The summed E-state index contributed by atoms with van der Waals surface area (Å²) < 4.78 is 120. The van der Waals surface area contributed by atoms with Crippen molar-refractivity contribution in [1.29, 1.82) is 0 Å². The summed E-state index contributed by atoms with van der Waals surface area (Å²) >= 11 is 0. The van der Waals surface area contributed by atoms with Gasteiger partial charge in [-0.3, -0.25) is 14.4 Å². The zero-order valence-corrected chi connectivity index (χ0v) is 45.3. The predicted molar refractivity (Wildman–Crippen MR) is 285 cm³/mol. The number of nitrogens with one attached hydrogen (secondary N) is 1. The molecule has 0 heterocycles. The summed E-state index contributed by atoms with van der Waals surface area (Å²) in [5.74, 6) is -6.13. The van der Waals surface area contributed by atoms with Gasteiger partial charge in [-0.1, -0.05) is 146 Å². The number of Topliss-reactive ketones (excluding diaryl/α,β-unsaturated/α-hetero) is 1. The van der Waals surface area contributed by atoms with E-state index in [1.165, 1.54) is 37.3 Å². The first kappa shape index (κ1) is 65.0. The van der Waals surface area contributed by atoms with Crippen molar-refractivity contribution >= 4 is 45.2 Å². The zero-order valence-electron chi connectivity index (χ0n) is 45.3. The van der Waals surface area contributed by atoms with Crippen LogP contribution in [0.3, 0.4) is 0 Å². The molecule has 0 aliphatic rings. The van der Waals surface area contributed by atoms with Crippen molar-refractivity contribution in [3.05, 3.63) is 149 Å². The van der Waals surface area contributed by atoms with Crippen LogP contribution in [-0.4, -0.2) is 45.7 Å². The van der Waals surface area contributed by atoms with Crippen LogP contribution in [0.5, 0.6) is 17.2 Å². The topological polar surface area (TPSA) is 148 Å². The molecule has 6 aromatic carbocycles. The summed E-state index contributed by atoms with van der Waals surface area (Å²) in [6.07, 6.45) is -4.33. The van der Waals surface area contributed by atoms with Crippen LogP contribution in [0, 0.1) is 5.41 Å². The number of fused-ring (bicyclic) bond motifs is 2. The molecule has 0 aliphatic carbocycles. The maximum absolute atomic E-state index is 14.3. The lowest BCUT2D eigenvalue weighted by Crippen LogP contribution is -2.54. The molecule has 2 unspecified atom stereocenters. The van der Waals surface area contributed by atoms with E-state index in [0.717, 1.165) is 42.5 Å². The number of hydrogen-bond donors (Lipinski definition) is 3. The Hall–Kier alpha value is -7.24. The number of carbonyl (C=O) groups is 4. The molecule has 18 heteroatoms. The van der Waals surface area contributed by atoms with Gasteiger partial charge in [0.15, 0.2) is 5.78 Å². The van der Waals surface area contributed by atoms with E-state index in [2.05, 4.69) is 17.0 Å². The summed E-state index contributed by atoms with van der Waals surface area (Å²) in [7, 11) is 0. The molecule has 0 aliphatic heterocycles. The molecule has 0 saturated carbocycles. The number of amides is 1. The lowest BCUT2D eigenvalue weighted by molar-refractivity contribution is -0.274. The standard InChI is InChI=1S/C29H30F5NO4.C20H15F3O3.C9H18O2.C2H6/c1-4-6-15-28(5-2,26(37)38)35-25(36)22-14-12-18-9-7-8-10-21(18)24(22)39-17-19-11-13-20(29(32,33)34)16-23(19)27(3,30)31;1-13(24)17-11-8-15-4-2-3-5-18(15)19(17)25-12-14-6-9-16(10-7-14)26-20(21,22)23;1-4-6-7-9(3,5-2)8(10)11;1-2/h7-14,16H,4-6,15,17H2,1-3H3,(H,35,36)(H,37,38);2-11H,12H2,1H3;4-7H2,1-3H3,(H,10,11);1-2H3. The number of rotatable bonds is 21. The third-order valence-electron chi connectivity index (χ3n) is 12.9. The van der Waals surface area contributed by atoms with E-state index in [0.29, 0.717) is 59.5 Å². The van der Waals surface area contributed by atoms with Crippen molar-refractivity contribution in [2.24, 2.45) is 5.41 Å². The van der Waals surface area contributed by atoms with Crippen LogP contribution < -0.4 is 19.5 Å². The highest BCUT2D eigenvalue weighted by molar-refractivity contribution is 6.06. The van der Waals surface area contributed by atoms with Crippen molar-refractivity contribution < 1.29 is 78.7 Å². The van der Waals surface area contributed by atoms with Gasteiger partial charge in [-0.2, -0.15) is 13.2 Å². The third kappa shape index (κ3) is 18.2. The van der Waals surface area contributed by atoms with Crippen LogP contribution in [-0.2, 0) is 34.9 Å². The van der Waals surface area contributed by atoms with E-state index in [9.17, 15) is 59.4 Å². The van der Waals surface area contributed by atoms with Crippen LogP contribution in [0.1, 0.15) is 157 Å². The molecule has 10 nitrogen and oxygen atoms in total. The summed E-state index contributed by atoms with van der Waals surface area (Å²) in [5, 5.41) is 24.3. The second-order valence-corrected chi connectivity index (χ2v) is 18.5. The van der Waals surface area contributed by atoms with Crippen LogP contribution in [0.4, 0.5) is 35.1 Å². The summed E-state index contributed by atoms with van der Waals surface area (Å²) in [5.41, 5.74) is -3.19. The van der Waals surface area contributed by atoms with E-state index in [-0.39, 0.29) is 47.9 Å². The molecule has 0 fully saturated rings. The van der Waals surface area contributed by atoms with Crippen molar-refractivity contribution in [2.45, 2.75) is 151 Å². The summed E-state index contributed by atoms with van der Waals surface area (Å²) in [6, 6.07) is 28.4. The molecule has 0 spiro atoms. The van der Waals surface area contributed by atoms with Crippen LogP contribution in [0.2, 0.25) is 0 Å². The minimum absolute atomic E-state index is 0.00162. The van der Waals surface area contributed by atoms with Crippen LogP contribution in [0.15, 0.2) is 115 Å². The maximum atomic E-state index is 14.3. The van der Waals surface area contributed by atoms with Gasteiger partial charge in [0.25, 0.3) is 11.8 Å². The Balaban J connectivity index is 0.000000350. The van der Waals surface area contributed by atoms with Crippen LogP contribution >= 0.6 is 0 Å². The Labute approximate surface area is 450 Å². The number of carbonyl (C=O) groups excluding carboxylic acids is 2. The van der Waals surface area contributed by atoms with Gasteiger partial charge in [0, 0.05) is 23.3 Å². The fraction of sp³-hybridized carbons (Fsp3) is 0.400. The highest BCUT2D eigenvalue weighted by Gasteiger charge is 2.39. The summed E-state index contributed by atoms with van der Waals surface area (Å²) in [6.45, 7) is 14.9. The fourth-order valence-corrected chi connectivity index (χ4v) is 8.04. The van der Waals surface area contributed by atoms with Crippen LogP contribution in [0.25, 0.3) is 21.5 Å². The van der Waals surface area contributed by atoms with E-state index in [1.54, 1.807) is 43.3 Å². The number of alkyl halides is 8. The average Bonchev–Trinajstić information content (AvgIpc) is 3.42. The molecular formula is C60H69F8NO9. The first-order chi connectivity index (χ1) is 36.6. The molecule has 0 radical (unpaired) electrons. The number of carboxylic acids is 2. The minimum atomic E-state index is -4.81. The normalized spacial score (nSPS) is 12.9. The molecule has 1 amide bonds. The fourth-order valence-electron chi connectivity index (χ4n) is 8.04. The minimum Gasteiger partial charge on any atom is -0.487 e. The molecule has 6 rings (SSSR count). The van der Waals surface area contributed by atoms with Crippen molar-refractivity contribution in [3.63, 3.8) is 0 Å². The van der Waals surface area contributed by atoms with E-state index < -0.39 is 65.0 Å². The molecule has 0 aromatic heterocycles. The number of ether oxygens (including phenoxy) is 3. The lowest BCUT2D eigenvalue weighted by atomic mass is 9.82. The van der Waals surface area contributed by atoms with Gasteiger partial charge in [0.1, 0.15) is 36.0 Å². The molecule has 424 valence electrons. The lowest BCUT2D eigenvalue weighted by Gasteiger charge is -2.30. The number of aliphatic carboxylic acids is 2. The van der Waals surface area contributed by atoms with Gasteiger partial charge in [0.05, 0.1) is 22.1 Å². The second-order valence-electron chi connectivity index (χ2n) is 18.5. The van der Waals surface area contributed by atoms with Gasteiger partial charge in [-0.15, -0.1) is 13.2 Å². The Morgan fingerprint density at radius 3 is 1.56 bits per heavy atom. The molecule has 3 N–H and O–H groups in total. The van der Waals surface area contributed by atoms with E-state index in [4.69, 9.17) is 14.6 Å². The maximum Gasteiger partial charge on any atom is 0.573 e. The van der Waals surface area contributed by atoms with Crippen molar-refractivity contribution in [2.75, 3.05) is 0 Å². The molecular weight excluding hydrogens is 1030 g/mol. The van der Waals surface area contributed by atoms with Gasteiger partial charge in [0.2, 0.25) is 0 Å². The van der Waals surface area contributed by atoms with Crippen molar-refractivity contribution in [1.82, 2.24) is 5.32 Å². The molecule has 2 atom stereocenters. The number of unbranched alkanes of at least 4 members (excludes halogenated alkanes) is 2. The Morgan fingerprint density at radius 2 is 1.10 bits per heavy atom. The second kappa shape index (κ2) is 28.9. The first-order valence-electron chi connectivity index (χ1n) is 25.7. The molecule has 6 aromatic rings. The smallest absolute Gasteiger partial charge is 0.487 e. The highest BCUT2D eigenvalue weighted by atomic mass is 19.4. The largest absolute Gasteiger partial charge is 0.573 e. The Bertz CT molecular complexity index is 2940. The van der Waals surface area contributed by atoms with Gasteiger partial charge < -0.3 is 29.7 Å². The molecule has 0 bridgehead atoms. The van der Waals surface area contributed by atoms with Gasteiger partial charge >= 0.3 is 24.5 Å².